The Morgan fingerprint density at radius 2 is 2.17 bits per heavy atom. The number of urea groups is 1. The number of carboxylic acid groups (broad SMARTS) is 1. The zero-order valence-corrected chi connectivity index (χ0v) is 11.3. The molecule has 5 heteroatoms. The summed E-state index contributed by atoms with van der Waals surface area (Å²) in [5, 5.41) is 11.6. The predicted molar refractivity (Wildman–Crippen MR) is 69.5 cm³/mol. The molecule has 0 aromatic carbocycles. The van der Waals surface area contributed by atoms with E-state index in [-0.39, 0.29) is 18.4 Å². The Morgan fingerprint density at radius 1 is 1.44 bits per heavy atom. The van der Waals surface area contributed by atoms with Gasteiger partial charge in [0.2, 0.25) is 0 Å². The maximum atomic E-state index is 12.0. The highest BCUT2D eigenvalue weighted by molar-refractivity contribution is 5.74. The highest BCUT2D eigenvalue weighted by Crippen LogP contribution is 2.16. The van der Waals surface area contributed by atoms with Crippen LogP contribution in [0.4, 0.5) is 4.79 Å². The minimum atomic E-state index is -0.803. The van der Waals surface area contributed by atoms with Crippen LogP contribution >= 0.6 is 0 Å². The van der Waals surface area contributed by atoms with Gasteiger partial charge in [-0.25, -0.2) is 4.79 Å². The number of likely N-dealkylation sites (tertiary alicyclic amines) is 1. The Balaban J connectivity index is 2.36. The number of carbonyl (C=O) groups excluding carboxylic acids is 1. The third-order valence-corrected chi connectivity index (χ3v) is 3.65. The molecule has 2 amide bonds. The van der Waals surface area contributed by atoms with Crippen molar-refractivity contribution in [2.45, 2.75) is 52.0 Å². The van der Waals surface area contributed by atoms with Gasteiger partial charge >= 0.3 is 12.0 Å². The molecule has 0 saturated carbocycles. The van der Waals surface area contributed by atoms with Crippen molar-refractivity contribution in [2.24, 2.45) is 5.92 Å². The number of amides is 2. The number of hydrogen-bond acceptors (Lipinski definition) is 2. The fourth-order valence-electron chi connectivity index (χ4n) is 2.34. The summed E-state index contributed by atoms with van der Waals surface area (Å²) in [6.45, 7) is 5.27. The van der Waals surface area contributed by atoms with Crippen molar-refractivity contribution in [1.29, 1.82) is 0 Å². The summed E-state index contributed by atoms with van der Waals surface area (Å²) in [4.78, 5) is 24.5. The molecule has 1 rings (SSSR count). The summed E-state index contributed by atoms with van der Waals surface area (Å²) >= 11 is 0. The first-order valence-corrected chi connectivity index (χ1v) is 6.80. The molecule has 104 valence electrons. The average Bonchev–Trinajstić information content (AvgIpc) is 2.34. The van der Waals surface area contributed by atoms with Crippen molar-refractivity contribution in [3.63, 3.8) is 0 Å². The van der Waals surface area contributed by atoms with E-state index < -0.39 is 5.97 Å². The van der Waals surface area contributed by atoms with Gasteiger partial charge in [-0.15, -0.1) is 0 Å². The van der Waals surface area contributed by atoms with E-state index in [1.807, 2.05) is 11.8 Å². The first-order chi connectivity index (χ1) is 8.54. The maximum absolute atomic E-state index is 12.0. The van der Waals surface area contributed by atoms with Crippen molar-refractivity contribution in [3.05, 3.63) is 0 Å². The number of rotatable bonds is 5. The molecule has 1 aliphatic rings. The normalized spacial score (nSPS) is 21.4. The average molecular weight is 256 g/mol. The van der Waals surface area contributed by atoms with Gasteiger partial charge in [0.05, 0.1) is 0 Å². The topological polar surface area (TPSA) is 69.6 Å². The second kappa shape index (κ2) is 7.24. The minimum absolute atomic E-state index is 0.0200. The van der Waals surface area contributed by atoms with E-state index in [9.17, 15) is 9.59 Å². The number of aliphatic carboxylic acids is 1. The molecule has 1 saturated heterocycles. The summed E-state index contributed by atoms with van der Waals surface area (Å²) in [5.74, 6) is -0.783. The van der Waals surface area contributed by atoms with Gasteiger partial charge in [0, 0.05) is 25.6 Å². The first kappa shape index (κ1) is 14.8. The lowest BCUT2D eigenvalue weighted by Crippen LogP contribution is -2.48. The summed E-state index contributed by atoms with van der Waals surface area (Å²) in [6, 6.07) is 0.240. The molecule has 0 aromatic heterocycles. The van der Waals surface area contributed by atoms with E-state index in [1.165, 1.54) is 6.42 Å². The molecule has 0 spiro atoms. The molecular weight excluding hydrogens is 232 g/mol. The van der Waals surface area contributed by atoms with Crippen LogP contribution in [0, 0.1) is 5.92 Å². The van der Waals surface area contributed by atoms with E-state index in [2.05, 4.69) is 12.2 Å². The van der Waals surface area contributed by atoms with Gasteiger partial charge in [0.15, 0.2) is 0 Å². The quantitative estimate of drug-likeness (QED) is 0.791. The summed E-state index contributed by atoms with van der Waals surface area (Å²) < 4.78 is 0. The molecule has 2 N–H and O–H groups in total. The lowest BCUT2D eigenvalue weighted by Gasteiger charge is -2.33. The van der Waals surface area contributed by atoms with Gasteiger partial charge in [-0.1, -0.05) is 13.3 Å². The molecule has 0 aromatic rings. The molecule has 1 fully saturated rings. The van der Waals surface area contributed by atoms with Crippen molar-refractivity contribution in [2.75, 3.05) is 13.1 Å². The van der Waals surface area contributed by atoms with Crippen LogP contribution < -0.4 is 5.32 Å². The van der Waals surface area contributed by atoms with Crippen molar-refractivity contribution in [1.82, 2.24) is 10.2 Å². The number of nitrogens with zero attached hydrogens (tertiary/aromatic N) is 1. The molecule has 0 radical (unpaired) electrons. The molecule has 18 heavy (non-hydrogen) atoms. The Kier molecular flexibility index (Phi) is 5.95. The standard InChI is InChI=1S/C13H24N2O3/c1-3-11(8-12(16)17)9-14-13(18)15-7-5-4-6-10(15)2/h10-11H,3-9H2,1-2H3,(H,14,18)(H,16,17). The zero-order valence-electron chi connectivity index (χ0n) is 11.3. The molecule has 0 aliphatic carbocycles. The number of carboxylic acids is 1. The van der Waals surface area contributed by atoms with Crippen LogP contribution in [0.1, 0.15) is 46.0 Å². The van der Waals surface area contributed by atoms with Crippen LogP contribution in [-0.4, -0.2) is 41.1 Å². The van der Waals surface area contributed by atoms with E-state index >= 15 is 0 Å². The van der Waals surface area contributed by atoms with Crippen molar-refractivity contribution < 1.29 is 14.7 Å². The molecule has 0 bridgehead atoms. The SMILES string of the molecule is CCC(CNC(=O)N1CCCCC1C)CC(=O)O. The van der Waals surface area contributed by atoms with Gasteiger partial charge < -0.3 is 15.3 Å². The number of hydrogen-bond donors (Lipinski definition) is 2. The third kappa shape index (κ3) is 4.55. The highest BCUT2D eigenvalue weighted by atomic mass is 16.4. The van der Waals surface area contributed by atoms with Gasteiger partial charge in [0.1, 0.15) is 0 Å². The molecule has 1 heterocycles. The van der Waals surface area contributed by atoms with E-state index in [1.54, 1.807) is 0 Å². The summed E-state index contributed by atoms with van der Waals surface area (Å²) in [7, 11) is 0. The van der Waals surface area contributed by atoms with Gasteiger partial charge in [0.25, 0.3) is 0 Å². The lowest BCUT2D eigenvalue weighted by atomic mass is 10.0. The maximum Gasteiger partial charge on any atom is 0.317 e. The zero-order chi connectivity index (χ0) is 13.5. The van der Waals surface area contributed by atoms with Crippen LogP contribution in [0.25, 0.3) is 0 Å². The van der Waals surface area contributed by atoms with Crippen LogP contribution in [0.5, 0.6) is 0 Å². The second-order valence-corrected chi connectivity index (χ2v) is 5.10. The second-order valence-electron chi connectivity index (χ2n) is 5.10. The van der Waals surface area contributed by atoms with Crippen LogP contribution in [0.15, 0.2) is 0 Å². The van der Waals surface area contributed by atoms with E-state index in [0.29, 0.717) is 12.6 Å². The fraction of sp³-hybridized carbons (Fsp3) is 0.846. The van der Waals surface area contributed by atoms with Gasteiger partial charge in [-0.05, 0) is 32.1 Å². The van der Waals surface area contributed by atoms with Crippen LogP contribution in [-0.2, 0) is 4.79 Å². The van der Waals surface area contributed by atoms with E-state index in [4.69, 9.17) is 5.11 Å². The summed E-state index contributed by atoms with van der Waals surface area (Å²) in [6.07, 6.45) is 4.18. The Morgan fingerprint density at radius 3 is 2.72 bits per heavy atom. The Bertz CT molecular complexity index is 294. The van der Waals surface area contributed by atoms with E-state index in [0.717, 1.165) is 25.8 Å². The van der Waals surface area contributed by atoms with Crippen LogP contribution in [0.3, 0.4) is 0 Å². The Hall–Kier alpha value is -1.26. The smallest absolute Gasteiger partial charge is 0.317 e. The molecule has 2 unspecified atom stereocenters. The predicted octanol–water partition coefficient (Wildman–Crippen LogP) is 2.07. The molecule has 2 atom stereocenters. The Labute approximate surface area is 109 Å². The minimum Gasteiger partial charge on any atom is -0.481 e. The largest absolute Gasteiger partial charge is 0.481 e. The number of piperidine rings is 1. The molecule has 1 aliphatic heterocycles. The van der Waals surface area contributed by atoms with Gasteiger partial charge in [-0.2, -0.15) is 0 Å². The third-order valence-electron chi connectivity index (χ3n) is 3.65. The lowest BCUT2D eigenvalue weighted by molar-refractivity contribution is -0.138. The highest BCUT2D eigenvalue weighted by Gasteiger charge is 2.23. The van der Waals surface area contributed by atoms with Crippen molar-refractivity contribution in [3.8, 4) is 0 Å². The number of carbonyl (C=O) groups is 2. The molecular formula is C13H24N2O3. The number of nitrogens with one attached hydrogen (secondary N) is 1. The molecule has 5 nitrogen and oxygen atoms in total. The monoisotopic (exact) mass is 256 g/mol. The van der Waals surface area contributed by atoms with Crippen LogP contribution in [0.2, 0.25) is 0 Å². The first-order valence-electron chi connectivity index (χ1n) is 6.80. The van der Waals surface area contributed by atoms with Crippen molar-refractivity contribution >= 4 is 12.0 Å². The van der Waals surface area contributed by atoms with Gasteiger partial charge in [-0.3, -0.25) is 4.79 Å². The fourth-order valence-corrected chi connectivity index (χ4v) is 2.34. The summed E-state index contributed by atoms with van der Waals surface area (Å²) in [5.41, 5.74) is 0.